The lowest BCUT2D eigenvalue weighted by Crippen LogP contribution is -2.23. The van der Waals surface area contributed by atoms with Crippen molar-refractivity contribution in [1.82, 2.24) is 5.32 Å². The zero-order chi connectivity index (χ0) is 10.9. The average Bonchev–Trinajstić information content (AvgIpc) is 2.29. The van der Waals surface area contributed by atoms with E-state index in [1.165, 1.54) is 18.4 Å². The molecule has 2 heteroatoms. The van der Waals surface area contributed by atoms with Crippen LogP contribution in [-0.4, -0.2) is 24.6 Å². The van der Waals surface area contributed by atoms with Gasteiger partial charge in [0.1, 0.15) is 0 Å². The summed E-state index contributed by atoms with van der Waals surface area (Å²) in [5.74, 6) is 0. The van der Waals surface area contributed by atoms with Gasteiger partial charge in [-0.15, -0.1) is 0 Å². The molecule has 1 aromatic rings. The maximum atomic E-state index is 3.49. The Kier molecular flexibility index (Phi) is 6.53. The highest BCUT2D eigenvalue weighted by Crippen LogP contribution is 2.03. The lowest BCUT2D eigenvalue weighted by Gasteiger charge is -2.09. The molecule has 0 amide bonds. The van der Waals surface area contributed by atoms with Crippen molar-refractivity contribution in [3.63, 3.8) is 0 Å². The normalized spacial score (nSPS) is 12.7. The third kappa shape index (κ3) is 5.85. The molecule has 0 aliphatic carbocycles. The zero-order valence-corrected chi connectivity index (χ0v) is 10.5. The SMILES string of the molecule is CSC(C)CNCCCc1ccccc1. The van der Waals surface area contributed by atoms with Crippen LogP contribution in [0.15, 0.2) is 30.3 Å². The fraction of sp³-hybridized carbons (Fsp3) is 0.538. The molecule has 1 aromatic carbocycles. The molecule has 0 heterocycles. The summed E-state index contributed by atoms with van der Waals surface area (Å²) in [6, 6.07) is 10.7. The number of hydrogen-bond donors (Lipinski definition) is 1. The molecule has 84 valence electrons. The van der Waals surface area contributed by atoms with Crippen LogP contribution in [0.25, 0.3) is 0 Å². The standard InChI is InChI=1S/C13H21NS/c1-12(15-2)11-14-10-6-9-13-7-4-3-5-8-13/h3-5,7-8,12,14H,6,9-11H2,1-2H3. The van der Waals surface area contributed by atoms with Crippen molar-refractivity contribution in [2.45, 2.75) is 25.0 Å². The van der Waals surface area contributed by atoms with Crippen LogP contribution in [0.4, 0.5) is 0 Å². The smallest absolute Gasteiger partial charge is 0.0141 e. The van der Waals surface area contributed by atoms with E-state index in [1.807, 2.05) is 11.8 Å². The number of aryl methyl sites for hydroxylation is 1. The van der Waals surface area contributed by atoms with Gasteiger partial charge < -0.3 is 5.32 Å². The molecule has 0 aromatic heterocycles. The molecule has 1 unspecified atom stereocenters. The Hall–Kier alpha value is -0.470. The first-order chi connectivity index (χ1) is 7.33. The molecule has 1 N–H and O–H groups in total. The molecule has 1 nitrogen and oxygen atoms in total. The summed E-state index contributed by atoms with van der Waals surface area (Å²) in [4.78, 5) is 0. The summed E-state index contributed by atoms with van der Waals surface area (Å²) in [7, 11) is 0. The zero-order valence-electron chi connectivity index (χ0n) is 9.70. The van der Waals surface area contributed by atoms with Crippen molar-refractivity contribution >= 4 is 11.8 Å². The summed E-state index contributed by atoms with van der Waals surface area (Å²) in [5, 5.41) is 4.21. The molecule has 0 saturated carbocycles. The van der Waals surface area contributed by atoms with Crippen LogP contribution in [0.1, 0.15) is 18.9 Å². The van der Waals surface area contributed by atoms with E-state index in [9.17, 15) is 0 Å². The van der Waals surface area contributed by atoms with E-state index in [-0.39, 0.29) is 0 Å². The molecule has 1 rings (SSSR count). The molecule has 1 atom stereocenters. The van der Waals surface area contributed by atoms with E-state index in [0.717, 1.165) is 18.3 Å². The Morgan fingerprint density at radius 3 is 2.67 bits per heavy atom. The van der Waals surface area contributed by atoms with Crippen molar-refractivity contribution in [2.75, 3.05) is 19.3 Å². The van der Waals surface area contributed by atoms with E-state index in [4.69, 9.17) is 0 Å². The highest BCUT2D eigenvalue weighted by atomic mass is 32.2. The van der Waals surface area contributed by atoms with Crippen LogP contribution < -0.4 is 5.32 Å². The van der Waals surface area contributed by atoms with E-state index in [2.05, 4.69) is 48.8 Å². The summed E-state index contributed by atoms with van der Waals surface area (Å²) >= 11 is 1.92. The van der Waals surface area contributed by atoms with Gasteiger partial charge >= 0.3 is 0 Å². The maximum Gasteiger partial charge on any atom is 0.0141 e. The minimum Gasteiger partial charge on any atom is -0.316 e. The van der Waals surface area contributed by atoms with Crippen molar-refractivity contribution in [2.24, 2.45) is 0 Å². The molecule has 15 heavy (non-hydrogen) atoms. The molecular weight excluding hydrogens is 202 g/mol. The van der Waals surface area contributed by atoms with Crippen molar-refractivity contribution in [3.05, 3.63) is 35.9 Å². The third-order valence-corrected chi connectivity index (χ3v) is 3.47. The van der Waals surface area contributed by atoms with Crippen LogP contribution in [0, 0.1) is 0 Å². The molecule has 0 saturated heterocycles. The summed E-state index contributed by atoms with van der Waals surface area (Å²) in [6.07, 6.45) is 4.57. The first-order valence-corrected chi connectivity index (χ1v) is 6.89. The van der Waals surface area contributed by atoms with E-state index < -0.39 is 0 Å². The Morgan fingerprint density at radius 2 is 2.00 bits per heavy atom. The minimum absolute atomic E-state index is 0.724. The van der Waals surface area contributed by atoms with Crippen LogP contribution in [0.2, 0.25) is 0 Å². The Labute approximate surface area is 97.7 Å². The molecule has 0 bridgehead atoms. The Bertz CT molecular complexity index is 248. The lowest BCUT2D eigenvalue weighted by atomic mass is 10.1. The Balaban J connectivity index is 2.03. The van der Waals surface area contributed by atoms with Crippen molar-refractivity contribution < 1.29 is 0 Å². The summed E-state index contributed by atoms with van der Waals surface area (Å²) in [6.45, 7) is 4.50. The van der Waals surface area contributed by atoms with Gasteiger partial charge in [0.15, 0.2) is 0 Å². The maximum absolute atomic E-state index is 3.49. The van der Waals surface area contributed by atoms with Crippen LogP contribution >= 0.6 is 11.8 Å². The summed E-state index contributed by atoms with van der Waals surface area (Å²) in [5.41, 5.74) is 1.44. The number of nitrogens with one attached hydrogen (secondary N) is 1. The first-order valence-electron chi connectivity index (χ1n) is 5.60. The van der Waals surface area contributed by atoms with Crippen molar-refractivity contribution in [1.29, 1.82) is 0 Å². The van der Waals surface area contributed by atoms with E-state index in [1.54, 1.807) is 0 Å². The number of hydrogen-bond acceptors (Lipinski definition) is 2. The molecule has 0 aliphatic rings. The predicted molar refractivity (Wildman–Crippen MR) is 70.6 cm³/mol. The molecule has 0 fully saturated rings. The molecular formula is C13H21NS. The largest absolute Gasteiger partial charge is 0.316 e. The fourth-order valence-electron chi connectivity index (χ4n) is 1.45. The van der Waals surface area contributed by atoms with E-state index in [0.29, 0.717) is 0 Å². The van der Waals surface area contributed by atoms with Gasteiger partial charge in [0.2, 0.25) is 0 Å². The minimum atomic E-state index is 0.724. The quantitative estimate of drug-likeness (QED) is 0.713. The fourth-order valence-corrected chi connectivity index (χ4v) is 1.74. The number of rotatable bonds is 7. The van der Waals surface area contributed by atoms with Crippen LogP contribution in [0.3, 0.4) is 0 Å². The van der Waals surface area contributed by atoms with Gasteiger partial charge in [-0.1, -0.05) is 37.3 Å². The molecule has 0 aliphatic heterocycles. The van der Waals surface area contributed by atoms with Gasteiger partial charge in [-0.05, 0) is 31.2 Å². The monoisotopic (exact) mass is 223 g/mol. The second kappa shape index (κ2) is 7.77. The highest BCUT2D eigenvalue weighted by Gasteiger charge is 1.97. The highest BCUT2D eigenvalue weighted by molar-refractivity contribution is 7.99. The van der Waals surface area contributed by atoms with Crippen LogP contribution in [-0.2, 0) is 6.42 Å². The van der Waals surface area contributed by atoms with Gasteiger partial charge in [-0.3, -0.25) is 0 Å². The second-order valence-electron chi connectivity index (χ2n) is 3.84. The lowest BCUT2D eigenvalue weighted by molar-refractivity contribution is 0.646. The predicted octanol–water partition coefficient (Wildman–Crippen LogP) is 2.96. The van der Waals surface area contributed by atoms with Gasteiger partial charge in [-0.25, -0.2) is 0 Å². The summed E-state index contributed by atoms with van der Waals surface area (Å²) < 4.78 is 0. The van der Waals surface area contributed by atoms with E-state index >= 15 is 0 Å². The van der Waals surface area contributed by atoms with Gasteiger partial charge in [0.25, 0.3) is 0 Å². The average molecular weight is 223 g/mol. The first kappa shape index (κ1) is 12.6. The van der Waals surface area contributed by atoms with Gasteiger partial charge in [0.05, 0.1) is 0 Å². The number of benzene rings is 1. The second-order valence-corrected chi connectivity index (χ2v) is 5.12. The Morgan fingerprint density at radius 1 is 1.27 bits per heavy atom. The van der Waals surface area contributed by atoms with Crippen molar-refractivity contribution in [3.8, 4) is 0 Å². The van der Waals surface area contributed by atoms with Gasteiger partial charge in [0, 0.05) is 11.8 Å². The molecule has 0 spiro atoms. The van der Waals surface area contributed by atoms with Crippen LogP contribution in [0.5, 0.6) is 0 Å². The third-order valence-electron chi connectivity index (χ3n) is 2.50. The molecule has 0 radical (unpaired) electrons. The number of thioether (sulfide) groups is 1. The van der Waals surface area contributed by atoms with Gasteiger partial charge in [-0.2, -0.15) is 11.8 Å². The topological polar surface area (TPSA) is 12.0 Å².